The van der Waals surface area contributed by atoms with Gasteiger partial charge in [0, 0.05) is 19.1 Å². The zero-order valence-electron chi connectivity index (χ0n) is 19.8. The van der Waals surface area contributed by atoms with Gasteiger partial charge in [-0.25, -0.2) is 17.2 Å². The molecule has 12 heteroatoms. The number of ether oxygens (including phenoxy) is 1. The quantitative estimate of drug-likeness (QED) is 0.317. The van der Waals surface area contributed by atoms with Gasteiger partial charge >= 0.3 is 6.11 Å². The maximum absolute atomic E-state index is 15.1. The zero-order chi connectivity index (χ0) is 26.8. The van der Waals surface area contributed by atoms with Crippen molar-refractivity contribution in [2.45, 2.75) is 80.0 Å². The number of halogens is 4. The van der Waals surface area contributed by atoms with Crippen molar-refractivity contribution in [1.29, 1.82) is 5.26 Å². The first-order valence-corrected chi connectivity index (χ1v) is 13.2. The number of benzene rings is 1. The average Bonchev–Trinajstić information content (AvgIpc) is 3.70. The first kappa shape index (κ1) is 27.8. The minimum absolute atomic E-state index is 0.109. The van der Waals surface area contributed by atoms with E-state index in [0.717, 1.165) is 30.5 Å². The summed E-state index contributed by atoms with van der Waals surface area (Å²) in [5.41, 5.74) is -1.19. The standard InChI is InChI=1S/C24H27F4N3O4S/c1-3-4-20(24(27,28)35-17-7-9-18(10-8-17)36(2,33)34)30-19(14-23(25,26)13-16-5-6-16)21(32)31-22(15-29)11-12-22/h7-10,16,19-20,30H,5-6,11-14H2,1-2H3,(H,31,32)/t19-,20?/m0/s1. The number of nitriles is 1. The van der Waals surface area contributed by atoms with Crippen LogP contribution in [0.3, 0.4) is 0 Å². The Bertz CT molecular complexity index is 1180. The predicted molar refractivity (Wildman–Crippen MR) is 122 cm³/mol. The summed E-state index contributed by atoms with van der Waals surface area (Å²) in [6.45, 7) is 1.26. The van der Waals surface area contributed by atoms with Gasteiger partial charge < -0.3 is 10.1 Å². The van der Waals surface area contributed by atoms with Crippen molar-refractivity contribution in [3.8, 4) is 23.7 Å². The van der Waals surface area contributed by atoms with Crippen LogP contribution in [-0.2, 0) is 14.6 Å². The number of carbonyl (C=O) groups excluding carboxylic acids is 1. The van der Waals surface area contributed by atoms with Gasteiger partial charge in [-0.1, -0.05) is 5.92 Å². The molecule has 2 N–H and O–H groups in total. The molecule has 2 aliphatic carbocycles. The van der Waals surface area contributed by atoms with Gasteiger partial charge in [0.15, 0.2) is 15.9 Å². The van der Waals surface area contributed by atoms with Gasteiger partial charge in [0.1, 0.15) is 11.3 Å². The topological polar surface area (TPSA) is 108 Å². The lowest BCUT2D eigenvalue weighted by atomic mass is 10.0. The Labute approximate surface area is 207 Å². The van der Waals surface area contributed by atoms with E-state index in [1.165, 1.54) is 6.92 Å². The molecule has 2 atom stereocenters. The number of amides is 1. The third-order valence-electron chi connectivity index (χ3n) is 5.93. The minimum atomic E-state index is -4.09. The van der Waals surface area contributed by atoms with Crippen LogP contribution < -0.4 is 15.4 Å². The largest absolute Gasteiger partial charge is 0.431 e. The van der Waals surface area contributed by atoms with Crippen LogP contribution in [-0.4, -0.2) is 50.2 Å². The van der Waals surface area contributed by atoms with Crippen molar-refractivity contribution in [2.24, 2.45) is 5.92 Å². The second-order valence-electron chi connectivity index (χ2n) is 9.34. The molecular weight excluding hydrogens is 502 g/mol. The van der Waals surface area contributed by atoms with E-state index in [1.54, 1.807) is 0 Å². The Morgan fingerprint density at radius 2 is 1.83 bits per heavy atom. The monoisotopic (exact) mass is 529 g/mol. The third kappa shape index (κ3) is 7.58. The van der Waals surface area contributed by atoms with Crippen LogP contribution in [0, 0.1) is 29.1 Å². The Balaban J connectivity index is 1.80. The first-order valence-electron chi connectivity index (χ1n) is 11.3. The molecule has 0 heterocycles. The van der Waals surface area contributed by atoms with E-state index in [0.29, 0.717) is 25.7 Å². The minimum Gasteiger partial charge on any atom is -0.431 e. The molecule has 1 amide bonds. The van der Waals surface area contributed by atoms with E-state index in [1.807, 2.05) is 6.07 Å². The van der Waals surface area contributed by atoms with E-state index >= 15 is 8.78 Å². The van der Waals surface area contributed by atoms with Crippen molar-refractivity contribution in [3.05, 3.63) is 24.3 Å². The average molecular weight is 530 g/mol. The zero-order valence-corrected chi connectivity index (χ0v) is 20.6. The van der Waals surface area contributed by atoms with E-state index in [9.17, 15) is 27.3 Å². The first-order chi connectivity index (χ1) is 16.7. The lowest BCUT2D eigenvalue weighted by Crippen LogP contribution is -2.58. The molecule has 0 bridgehead atoms. The SMILES string of the molecule is CC#CC(N[C@@H](CC(F)(F)CC1CC1)C(=O)NC1(C#N)CC1)C(F)(F)Oc1ccc(S(C)(=O)=O)cc1. The second kappa shape index (κ2) is 10.3. The predicted octanol–water partition coefficient (Wildman–Crippen LogP) is 3.41. The van der Waals surface area contributed by atoms with Crippen molar-refractivity contribution in [1.82, 2.24) is 10.6 Å². The third-order valence-corrected chi connectivity index (χ3v) is 7.06. The van der Waals surface area contributed by atoms with Gasteiger partial charge in [-0.05, 0) is 62.8 Å². The highest BCUT2D eigenvalue weighted by molar-refractivity contribution is 7.90. The van der Waals surface area contributed by atoms with Crippen LogP contribution >= 0.6 is 0 Å². The van der Waals surface area contributed by atoms with Gasteiger partial charge in [-0.2, -0.15) is 14.0 Å². The molecule has 0 saturated heterocycles. The highest BCUT2D eigenvalue weighted by atomic mass is 32.2. The molecule has 0 aliphatic heterocycles. The normalized spacial score (nSPS) is 18.7. The van der Waals surface area contributed by atoms with Crippen LogP contribution in [0.25, 0.3) is 0 Å². The van der Waals surface area contributed by atoms with E-state index < -0.39 is 64.0 Å². The van der Waals surface area contributed by atoms with Crippen LogP contribution in [0.5, 0.6) is 5.75 Å². The van der Waals surface area contributed by atoms with E-state index in [2.05, 4.69) is 22.5 Å². The lowest BCUT2D eigenvalue weighted by molar-refractivity contribution is -0.189. The highest BCUT2D eigenvalue weighted by Crippen LogP contribution is 2.41. The summed E-state index contributed by atoms with van der Waals surface area (Å²) in [6, 6.07) is 2.18. The summed E-state index contributed by atoms with van der Waals surface area (Å²) in [5, 5.41) is 13.9. The molecule has 196 valence electrons. The van der Waals surface area contributed by atoms with Gasteiger partial charge in [0.05, 0.1) is 17.0 Å². The Morgan fingerprint density at radius 3 is 2.31 bits per heavy atom. The molecule has 2 aliphatic rings. The van der Waals surface area contributed by atoms with Crippen molar-refractivity contribution in [3.63, 3.8) is 0 Å². The van der Waals surface area contributed by atoms with Crippen molar-refractivity contribution >= 4 is 15.7 Å². The molecule has 2 fully saturated rings. The number of hydrogen-bond donors (Lipinski definition) is 2. The fourth-order valence-electron chi connectivity index (χ4n) is 3.61. The van der Waals surface area contributed by atoms with Gasteiger partial charge in [0.2, 0.25) is 11.8 Å². The van der Waals surface area contributed by atoms with Crippen molar-refractivity contribution < 1.29 is 35.5 Å². The molecule has 0 radical (unpaired) electrons. The summed E-state index contributed by atoms with van der Waals surface area (Å²) in [7, 11) is -3.56. The summed E-state index contributed by atoms with van der Waals surface area (Å²) >= 11 is 0. The number of nitrogens with one attached hydrogen (secondary N) is 2. The molecule has 2 saturated carbocycles. The molecule has 1 aromatic rings. The van der Waals surface area contributed by atoms with Gasteiger partial charge in [-0.15, -0.1) is 5.92 Å². The molecule has 3 rings (SSSR count). The van der Waals surface area contributed by atoms with Crippen LogP contribution in [0.1, 0.15) is 45.4 Å². The maximum Gasteiger partial charge on any atom is 0.425 e. The molecule has 0 aromatic heterocycles. The van der Waals surface area contributed by atoms with Gasteiger partial charge in [0.25, 0.3) is 0 Å². The number of carbonyl (C=O) groups is 1. The number of rotatable bonds is 12. The number of nitrogens with zero attached hydrogens (tertiary/aromatic N) is 1. The molecular formula is C24H27F4N3O4S. The molecule has 7 nitrogen and oxygen atoms in total. The Hall–Kier alpha value is -2.83. The smallest absolute Gasteiger partial charge is 0.425 e. The number of sulfone groups is 1. The van der Waals surface area contributed by atoms with Crippen LogP contribution in [0.4, 0.5) is 17.6 Å². The molecule has 1 aromatic carbocycles. The maximum atomic E-state index is 15.1. The number of hydrogen-bond acceptors (Lipinski definition) is 6. The molecule has 1 unspecified atom stereocenters. The molecule has 0 spiro atoms. The van der Waals surface area contributed by atoms with Crippen LogP contribution in [0.15, 0.2) is 29.2 Å². The summed E-state index contributed by atoms with van der Waals surface area (Å²) in [6.07, 6.45) is -2.70. The summed E-state index contributed by atoms with van der Waals surface area (Å²) in [4.78, 5) is 12.7. The van der Waals surface area contributed by atoms with Crippen LogP contribution in [0.2, 0.25) is 0 Å². The Morgan fingerprint density at radius 1 is 1.22 bits per heavy atom. The van der Waals surface area contributed by atoms with E-state index in [4.69, 9.17) is 4.74 Å². The highest BCUT2D eigenvalue weighted by Gasteiger charge is 2.50. The Kier molecular flexibility index (Phi) is 7.92. The van der Waals surface area contributed by atoms with E-state index in [-0.39, 0.29) is 10.8 Å². The fraction of sp³-hybridized carbons (Fsp3) is 0.583. The second-order valence-corrected chi connectivity index (χ2v) is 11.4. The lowest BCUT2D eigenvalue weighted by Gasteiger charge is -2.30. The van der Waals surface area contributed by atoms with Crippen molar-refractivity contribution in [2.75, 3.05) is 6.26 Å². The molecule has 36 heavy (non-hydrogen) atoms. The fourth-order valence-corrected chi connectivity index (χ4v) is 4.24. The number of alkyl halides is 4. The summed E-state index contributed by atoms with van der Waals surface area (Å²) < 4.78 is 87.5. The summed E-state index contributed by atoms with van der Waals surface area (Å²) in [5.74, 6) is -0.411. The van der Waals surface area contributed by atoms with Gasteiger partial charge in [-0.3, -0.25) is 10.1 Å².